The van der Waals surface area contributed by atoms with Crippen LogP contribution in [0.25, 0.3) is 0 Å². The number of carbonyl (C=O) groups is 1. The van der Waals surface area contributed by atoms with Gasteiger partial charge in [-0.2, -0.15) is 0 Å². The van der Waals surface area contributed by atoms with Crippen LogP contribution in [0.2, 0.25) is 0 Å². The Morgan fingerprint density at radius 1 is 1.86 bits per heavy atom. The molecule has 1 fully saturated rings. The number of thiazole rings is 1. The van der Waals surface area contributed by atoms with Crippen molar-refractivity contribution in [3.8, 4) is 0 Å². The fraction of sp³-hybridized carbons (Fsp3) is 0.556. The molecule has 2 heterocycles. The van der Waals surface area contributed by atoms with Gasteiger partial charge >= 0.3 is 0 Å². The fourth-order valence-electron chi connectivity index (χ4n) is 1.28. The zero-order valence-electron chi connectivity index (χ0n) is 8.04. The lowest BCUT2D eigenvalue weighted by Gasteiger charge is -2.25. The third kappa shape index (κ3) is 2.10. The van der Waals surface area contributed by atoms with E-state index in [1.54, 1.807) is 11.3 Å². The molecule has 0 bridgehead atoms. The molecule has 1 aliphatic rings. The summed E-state index contributed by atoms with van der Waals surface area (Å²) in [6.07, 6.45) is 0.947. The monoisotopic (exact) mass is 211 g/mol. The summed E-state index contributed by atoms with van der Waals surface area (Å²) in [6.45, 7) is 3.46. The van der Waals surface area contributed by atoms with Crippen molar-refractivity contribution in [1.82, 2.24) is 15.6 Å². The van der Waals surface area contributed by atoms with Crippen LogP contribution in [0.15, 0.2) is 5.38 Å². The number of nitrogens with one attached hydrogen (secondary N) is 2. The van der Waals surface area contributed by atoms with Crippen molar-refractivity contribution in [3.05, 3.63) is 16.1 Å². The van der Waals surface area contributed by atoms with Crippen LogP contribution >= 0.6 is 11.3 Å². The first-order valence-electron chi connectivity index (χ1n) is 4.68. The molecule has 4 nitrogen and oxygen atoms in total. The van der Waals surface area contributed by atoms with Gasteiger partial charge in [0.1, 0.15) is 5.01 Å². The molecule has 5 heteroatoms. The highest BCUT2D eigenvalue weighted by Crippen LogP contribution is 2.08. The topological polar surface area (TPSA) is 54.0 Å². The van der Waals surface area contributed by atoms with Crippen LogP contribution < -0.4 is 10.6 Å². The maximum atomic E-state index is 11.4. The average molecular weight is 211 g/mol. The molecule has 0 spiro atoms. The second-order valence-electron chi connectivity index (χ2n) is 3.40. The van der Waals surface area contributed by atoms with Gasteiger partial charge in [-0.1, -0.05) is 0 Å². The predicted molar refractivity (Wildman–Crippen MR) is 55.1 cm³/mol. The van der Waals surface area contributed by atoms with E-state index in [1.165, 1.54) is 0 Å². The number of nitrogens with zero attached hydrogens (tertiary/aromatic N) is 1. The molecule has 0 aromatic carbocycles. The van der Waals surface area contributed by atoms with Gasteiger partial charge in [0.25, 0.3) is 0 Å². The molecule has 14 heavy (non-hydrogen) atoms. The van der Waals surface area contributed by atoms with Gasteiger partial charge < -0.3 is 10.6 Å². The number of rotatable bonds is 3. The molecular formula is C9H13N3OS. The summed E-state index contributed by atoms with van der Waals surface area (Å²) >= 11 is 1.58. The van der Waals surface area contributed by atoms with Gasteiger partial charge in [-0.05, 0) is 19.9 Å². The van der Waals surface area contributed by atoms with E-state index in [9.17, 15) is 4.79 Å². The zero-order chi connectivity index (χ0) is 9.97. The molecule has 1 aromatic heterocycles. The molecular weight excluding hydrogens is 198 g/mol. The Kier molecular flexibility index (Phi) is 2.79. The average Bonchev–Trinajstić information content (AvgIpc) is 2.45. The minimum absolute atomic E-state index is 0.0241. The van der Waals surface area contributed by atoms with Crippen molar-refractivity contribution in [3.63, 3.8) is 0 Å². The fourth-order valence-corrected chi connectivity index (χ4v) is 1.99. The Hall–Kier alpha value is -0.940. The molecule has 0 radical (unpaired) electrons. The van der Waals surface area contributed by atoms with Crippen molar-refractivity contribution < 1.29 is 4.79 Å². The van der Waals surface area contributed by atoms with Crippen molar-refractivity contribution >= 4 is 17.2 Å². The first-order chi connectivity index (χ1) is 6.75. The normalized spacial score (nSPS) is 20.2. The lowest BCUT2D eigenvalue weighted by atomic mass is 10.1. The minimum atomic E-state index is 0.0241. The Morgan fingerprint density at radius 2 is 2.64 bits per heavy atom. The zero-order valence-corrected chi connectivity index (χ0v) is 8.86. The van der Waals surface area contributed by atoms with Crippen molar-refractivity contribution in [2.75, 3.05) is 6.54 Å². The van der Waals surface area contributed by atoms with Crippen LogP contribution in [0.1, 0.15) is 17.1 Å². The summed E-state index contributed by atoms with van der Waals surface area (Å²) < 4.78 is 0. The molecule has 2 N–H and O–H groups in total. The Labute approximate surface area is 86.7 Å². The Morgan fingerprint density at radius 3 is 3.14 bits per heavy atom. The number of amides is 1. The summed E-state index contributed by atoms with van der Waals surface area (Å²) in [6, 6.07) is 0.0241. The molecule has 1 aliphatic heterocycles. The first kappa shape index (κ1) is 9.61. The van der Waals surface area contributed by atoms with Crippen molar-refractivity contribution in [1.29, 1.82) is 0 Å². The van der Waals surface area contributed by atoms with E-state index < -0.39 is 0 Å². The van der Waals surface area contributed by atoms with Gasteiger partial charge in [-0.3, -0.25) is 4.79 Å². The summed E-state index contributed by atoms with van der Waals surface area (Å²) in [5.41, 5.74) is 1.01. The maximum absolute atomic E-state index is 11.4. The summed E-state index contributed by atoms with van der Waals surface area (Å²) in [5, 5.41) is 8.88. The highest BCUT2D eigenvalue weighted by Gasteiger charge is 2.23. The second kappa shape index (κ2) is 4.06. The molecule has 1 unspecified atom stereocenters. The summed E-state index contributed by atoms with van der Waals surface area (Å²) in [4.78, 5) is 15.7. The maximum Gasteiger partial charge on any atom is 0.237 e. The van der Waals surface area contributed by atoms with E-state index in [2.05, 4.69) is 15.6 Å². The van der Waals surface area contributed by atoms with Gasteiger partial charge in [0, 0.05) is 11.1 Å². The van der Waals surface area contributed by atoms with Crippen LogP contribution in [0.4, 0.5) is 0 Å². The molecule has 1 amide bonds. The van der Waals surface area contributed by atoms with E-state index in [0.29, 0.717) is 6.54 Å². The van der Waals surface area contributed by atoms with E-state index in [1.807, 2.05) is 12.3 Å². The molecule has 2 rings (SSSR count). The van der Waals surface area contributed by atoms with Crippen LogP contribution in [0.5, 0.6) is 0 Å². The van der Waals surface area contributed by atoms with Gasteiger partial charge in [-0.25, -0.2) is 4.98 Å². The molecule has 1 atom stereocenters. The Balaban J connectivity index is 1.79. The standard InChI is InChI=1S/C9H13N3OS/c1-6-5-14-8(12-6)4-11-9(13)7-2-3-10-7/h5,7,10H,2-4H2,1H3,(H,11,13). The molecule has 1 aromatic rings. The third-order valence-electron chi connectivity index (χ3n) is 2.22. The van der Waals surface area contributed by atoms with Crippen LogP contribution in [0, 0.1) is 6.92 Å². The summed E-state index contributed by atoms with van der Waals surface area (Å²) in [5.74, 6) is 0.0871. The number of aryl methyl sites for hydroxylation is 1. The summed E-state index contributed by atoms with van der Waals surface area (Å²) in [7, 11) is 0. The lowest BCUT2D eigenvalue weighted by molar-refractivity contribution is -0.124. The third-order valence-corrected chi connectivity index (χ3v) is 3.19. The Bertz CT molecular complexity index is 333. The molecule has 1 saturated heterocycles. The van der Waals surface area contributed by atoms with Crippen LogP contribution in [-0.2, 0) is 11.3 Å². The highest BCUT2D eigenvalue weighted by molar-refractivity contribution is 7.09. The number of aromatic nitrogens is 1. The number of hydrogen-bond donors (Lipinski definition) is 2. The van der Waals surface area contributed by atoms with Gasteiger partial charge in [-0.15, -0.1) is 11.3 Å². The minimum Gasteiger partial charge on any atom is -0.348 e. The van der Waals surface area contributed by atoms with Gasteiger partial charge in [0.05, 0.1) is 12.6 Å². The van der Waals surface area contributed by atoms with Crippen molar-refractivity contribution in [2.45, 2.75) is 25.9 Å². The van der Waals surface area contributed by atoms with E-state index in [0.717, 1.165) is 23.7 Å². The quantitative estimate of drug-likeness (QED) is 0.762. The van der Waals surface area contributed by atoms with Gasteiger partial charge in [0.2, 0.25) is 5.91 Å². The van der Waals surface area contributed by atoms with E-state index in [-0.39, 0.29) is 11.9 Å². The molecule has 0 saturated carbocycles. The van der Waals surface area contributed by atoms with Crippen LogP contribution in [0.3, 0.4) is 0 Å². The van der Waals surface area contributed by atoms with Crippen molar-refractivity contribution in [2.24, 2.45) is 0 Å². The highest BCUT2D eigenvalue weighted by atomic mass is 32.1. The lowest BCUT2D eigenvalue weighted by Crippen LogP contribution is -2.52. The van der Waals surface area contributed by atoms with Gasteiger partial charge in [0.15, 0.2) is 0 Å². The second-order valence-corrected chi connectivity index (χ2v) is 4.34. The largest absolute Gasteiger partial charge is 0.348 e. The first-order valence-corrected chi connectivity index (χ1v) is 5.56. The number of hydrogen-bond acceptors (Lipinski definition) is 4. The van der Waals surface area contributed by atoms with E-state index in [4.69, 9.17) is 0 Å². The molecule has 0 aliphatic carbocycles. The molecule has 76 valence electrons. The predicted octanol–water partition coefficient (Wildman–Crippen LogP) is 0.430. The van der Waals surface area contributed by atoms with E-state index >= 15 is 0 Å². The van der Waals surface area contributed by atoms with Crippen LogP contribution in [-0.4, -0.2) is 23.5 Å². The SMILES string of the molecule is Cc1csc(CNC(=O)C2CCN2)n1. The smallest absolute Gasteiger partial charge is 0.237 e. The number of carbonyl (C=O) groups excluding carboxylic acids is 1.